The standard InChI is InChI=1S/C20H26N2O/c1-14-17-11-7-8-12-19(17)21-15(2)18(14)13-20(23)22-16-9-5-3-4-6-10-16/h7-8,11-12,16H,3-6,9-10,13H2,1-2H3,(H,22,23). The molecular formula is C20H26N2O. The molecule has 23 heavy (non-hydrogen) atoms. The molecule has 0 radical (unpaired) electrons. The van der Waals surface area contributed by atoms with Crippen LogP contribution in [0.1, 0.15) is 55.3 Å². The number of amides is 1. The van der Waals surface area contributed by atoms with Gasteiger partial charge in [-0.3, -0.25) is 9.78 Å². The molecular weight excluding hydrogens is 284 g/mol. The van der Waals surface area contributed by atoms with Crippen LogP contribution >= 0.6 is 0 Å². The molecule has 0 spiro atoms. The lowest BCUT2D eigenvalue weighted by atomic mass is 9.99. The molecule has 1 aliphatic rings. The Balaban J connectivity index is 1.76. The van der Waals surface area contributed by atoms with E-state index in [4.69, 9.17) is 0 Å². The van der Waals surface area contributed by atoms with Crippen molar-refractivity contribution in [2.75, 3.05) is 0 Å². The first kappa shape index (κ1) is 16.0. The van der Waals surface area contributed by atoms with Gasteiger partial charge in [-0.15, -0.1) is 0 Å². The Kier molecular flexibility index (Phi) is 4.94. The molecule has 1 fully saturated rings. The predicted octanol–water partition coefficient (Wildman–Crippen LogP) is 4.23. The van der Waals surface area contributed by atoms with Gasteiger partial charge in [-0.2, -0.15) is 0 Å². The minimum absolute atomic E-state index is 0.139. The van der Waals surface area contributed by atoms with Gasteiger partial charge in [-0.05, 0) is 43.9 Å². The zero-order valence-electron chi connectivity index (χ0n) is 14.2. The first-order valence-corrected chi connectivity index (χ1v) is 8.79. The third-order valence-corrected chi connectivity index (χ3v) is 5.04. The van der Waals surface area contributed by atoms with E-state index in [2.05, 4.69) is 23.3 Å². The fraction of sp³-hybridized carbons (Fsp3) is 0.500. The third-order valence-electron chi connectivity index (χ3n) is 5.04. The van der Waals surface area contributed by atoms with Crippen LogP contribution in [0.5, 0.6) is 0 Å². The average Bonchev–Trinajstić information content (AvgIpc) is 2.80. The highest BCUT2D eigenvalue weighted by Gasteiger charge is 2.17. The summed E-state index contributed by atoms with van der Waals surface area (Å²) in [5.74, 6) is 0.139. The quantitative estimate of drug-likeness (QED) is 0.862. The molecule has 3 heteroatoms. The van der Waals surface area contributed by atoms with Gasteiger partial charge >= 0.3 is 0 Å². The minimum Gasteiger partial charge on any atom is -0.353 e. The average molecular weight is 310 g/mol. The van der Waals surface area contributed by atoms with E-state index < -0.39 is 0 Å². The highest BCUT2D eigenvalue weighted by molar-refractivity contribution is 5.86. The van der Waals surface area contributed by atoms with Gasteiger partial charge in [0.15, 0.2) is 0 Å². The number of aryl methyl sites for hydroxylation is 2. The largest absolute Gasteiger partial charge is 0.353 e. The van der Waals surface area contributed by atoms with Crippen molar-refractivity contribution in [1.29, 1.82) is 0 Å². The van der Waals surface area contributed by atoms with Crippen LogP contribution in [0.4, 0.5) is 0 Å². The number of rotatable bonds is 3. The number of hydrogen-bond acceptors (Lipinski definition) is 2. The number of nitrogens with one attached hydrogen (secondary N) is 1. The maximum Gasteiger partial charge on any atom is 0.224 e. The molecule has 1 amide bonds. The number of benzene rings is 1. The lowest BCUT2D eigenvalue weighted by molar-refractivity contribution is -0.121. The molecule has 1 aromatic carbocycles. The van der Waals surface area contributed by atoms with Crippen LogP contribution in [0.2, 0.25) is 0 Å². The molecule has 0 bridgehead atoms. The van der Waals surface area contributed by atoms with Crippen molar-refractivity contribution in [2.45, 2.75) is 64.8 Å². The lowest BCUT2D eigenvalue weighted by Crippen LogP contribution is -2.35. The van der Waals surface area contributed by atoms with Gasteiger partial charge in [0.05, 0.1) is 11.9 Å². The Labute approximate surface area is 138 Å². The van der Waals surface area contributed by atoms with E-state index in [1.165, 1.54) is 31.2 Å². The molecule has 0 saturated heterocycles. The van der Waals surface area contributed by atoms with Crippen molar-refractivity contribution in [3.63, 3.8) is 0 Å². The molecule has 1 heterocycles. The number of carbonyl (C=O) groups excluding carboxylic acids is 1. The summed E-state index contributed by atoms with van der Waals surface area (Å²) in [4.78, 5) is 17.2. The van der Waals surface area contributed by atoms with Crippen LogP contribution in [0.25, 0.3) is 10.9 Å². The zero-order valence-corrected chi connectivity index (χ0v) is 14.2. The van der Waals surface area contributed by atoms with E-state index in [1.54, 1.807) is 0 Å². The fourth-order valence-electron chi connectivity index (χ4n) is 3.69. The zero-order chi connectivity index (χ0) is 16.2. The Hall–Kier alpha value is -1.90. The SMILES string of the molecule is Cc1nc2ccccc2c(C)c1CC(=O)NC1CCCCCC1. The van der Waals surface area contributed by atoms with E-state index in [-0.39, 0.29) is 5.91 Å². The molecule has 1 N–H and O–H groups in total. The molecule has 122 valence electrons. The normalized spacial score (nSPS) is 16.3. The van der Waals surface area contributed by atoms with E-state index in [0.717, 1.165) is 35.0 Å². The van der Waals surface area contributed by atoms with E-state index >= 15 is 0 Å². The molecule has 0 unspecified atom stereocenters. The van der Waals surface area contributed by atoms with Gasteiger partial charge < -0.3 is 5.32 Å². The van der Waals surface area contributed by atoms with Crippen LogP contribution in [0.15, 0.2) is 24.3 Å². The number of para-hydroxylation sites is 1. The highest BCUT2D eigenvalue weighted by Crippen LogP contribution is 2.23. The third kappa shape index (κ3) is 3.72. The maximum atomic E-state index is 12.5. The minimum atomic E-state index is 0.139. The number of nitrogens with zero attached hydrogens (tertiary/aromatic N) is 1. The van der Waals surface area contributed by atoms with Crippen LogP contribution in [-0.4, -0.2) is 16.9 Å². The van der Waals surface area contributed by atoms with Gasteiger partial charge in [0.2, 0.25) is 5.91 Å². The van der Waals surface area contributed by atoms with E-state index in [9.17, 15) is 4.79 Å². The van der Waals surface area contributed by atoms with Crippen molar-refractivity contribution in [3.8, 4) is 0 Å². The van der Waals surface area contributed by atoms with E-state index in [1.807, 2.05) is 25.1 Å². The highest BCUT2D eigenvalue weighted by atomic mass is 16.1. The molecule has 0 atom stereocenters. The second-order valence-corrected chi connectivity index (χ2v) is 6.75. The van der Waals surface area contributed by atoms with Crippen LogP contribution in [0.3, 0.4) is 0 Å². The second-order valence-electron chi connectivity index (χ2n) is 6.75. The van der Waals surface area contributed by atoms with Crippen molar-refractivity contribution in [3.05, 3.63) is 41.1 Å². The summed E-state index contributed by atoms with van der Waals surface area (Å²) in [6.45, 7) is 4.11. The van der Waals surface area contributed by atoms with Gasteiger partial charge in [0, 0.05) is 17.1 Å². The van der Waals surface area contributed by atoms with Gasteiger partial charge in [-0.25, -0.2) is 0 Å². The summed E-state index contributed by atoms with van der Waals surface area (Å²) < 4.78 is 0. The molecule has 3 nitrogen and oxygen atoms in total. The molecule has 1 aliphatic carbocycles. The Morgan fingerprint density at radius 3 is 2.57 bits per heavy atom. The number of aromatic nitrogens is 1. The fourth-order valence-corrected chi connectivity index (χ4v) is 3.69. The smallest absolute Gasteiger partial charge is 0.224 e. The first-order valence-electron chi connectivity index (χ1n) is 8.79. The summed E-state index contributed by atoms with van der Waals surface area (Å²) in [5, 5.41) is 4.39. The Morgan fingerprint density at radius 1 is 1.13 bits per heavy atom. The molecule has 3 rings (SSSR count). The number of hydrogen-bond donors (Lipinski definition) is 1. The molecule has 2 aromatic rings. The topological polar surface area (TPSA) is 42.0 Å². The summed E-state index contributed by atoms with van der Waals surface area (Å²) in [5.41, 5.74) is 4.24. The first-order chi connectivity index (χ1) is 11.1. The van der Waals surface area contributed by atoms with Crippen molar-refractivity contribution < 1.29 is 4.79 Å². The van der Waals surface area contributed by atoms with Gasteiger partial charge in [0.25, 0.3) is 0 Å². The van der Waals surface area contributed by atoms with Crippen LogP contribution in [0, 0.1) is 13.8 Å². The van der Waals surface area contributed by atoms with Crippen molar-refractivity contribution >= 4 is 16.8 Å². The summed E-state index contributed by atoms with van der Waals surface area (Å²) in [6, 6.07) is 8.52. The Morgan fingerprint density at radius 2 is 1.83 bits per heavy atom. The van der Waals surface area contributed by atoms with Crippen molar-refractivity contribution in [1.82, 2.24) is 10.3 Å². The maximum absolute atomic E-state index is 12.5. The van der Waals surface area contributed by atoms with Crippen LogP contribution < -0.4 is 5.32 Å². The van der Waals surface area contributed by atoms with Gasteiger partial charge in [0.1, 0.15) is 0 Å². The molecule has 0 aliphatic heterocycles. The number of carbonyl (C=O) groups is 1. The predicted molar refractivity (Wildman–Crippen MR) is 94.6 cm³/mol. The summed E-state index contributed by atoms with van der Waals surface area (Å²) in [6.07, 6.45) is 7.77. The summed E-state index contributed by atoms with van der Waals surface area (Å²) in [7, 11) is 0. The van der Waals surface area contributed by atoms with Crippen molar-refractivity contribution in [2.24, 2.45) is 0 Å². The lowest BCUT2D eigenvalue weighted by Gasteiger charge is -2.18. The van der Waals surface area contributed by atoms with Crippen LogP contribution in [-0.2, 0) is 11.2 Å². The number of fused-ring (bicyclic) bond motifs is 1. The monoisotopic (exact) mass is 310 g/mol. The van der Waals surface area contributed by atoms with Gasteiger partial charge in [-0.1, -0.05) is 43.9 Å². The van der Waals surface area contributed by atoms with E-state index in [0.29, 0.717) is 12.5 Å². The molecule has 1 saturated carbocycles. The Bertz CT molecular complexity index is 700. The number of pyridine rings is 1. The molecule has 1 aromatic heterocycles. The summed E-state index contributed by atoms with van der Waals surface area (Å²) >= 11 is 0. The second kappa shape index (κ2) is 7.12.